The second-order valence-corrected chi connectivity index (χ2v) is 16.6. The van der Waals surface area contributed by atoms with Gasteiger partial charge in [0.15, 0.2) is 17.1 Å². The van der Waals surface area contributed by atoms with Crippen molar-refractivity contribution in [1.82, 2.24) is 39.0 Å². The fraction of sp³-hybridized carbons (Fsp3) is 0.0345. The van der Waals surface area contributed by atoms with E-state index in [1.165, 1.54) is 0 Å². The van der Waals surface area contributed by atoms with Gasteiger partial charge in [0.1, 0.15) is 0 Å². The molecular formula is C58H38N8. The van der Waals surface area contributed by atoms with E-state index in [1.807, 2.05) is 18.2 Å². The third kappa shape index (κ3) is 6.07. The predicted octanol–water partition coefficient (Wildman–Crippen LogP) is 13.8. The van der Waals surface area contributed by atoms with Crippen molar-refractivity contribution >= 4 is 65.9 Å². The molecule has 8 heteroatoms. The second-order valence-electron chi connectivity index (χ2n) is 16.6. The van der Waals surface area contributed by atoms with E-state index in [2.05, 4.69) is 196 Å². The number of benzene rings is 6. The van der Waals surface area contributed by atoms with E-state index in [0.29, 0.717) is 23.5 Å². The summed E-state index contributed by atoms with van der Waals surface area (Å²) in [5.74, 6) is 0.660. The van der Waals surface area contributed by atoms with Crippen LogP contribution in [0.5, 0.6) is 0 Å². The number of hydrogen-bond acceptors (Lipinski definition) is 6. The molecule has 0 N–H and O–H groups in total. The van der Waals surface area contributed by atoms with Crippen LogP contribution in [-0.2, 0) is 6.42 Å². The van der Waals surface area contributed by atoms with E-state index in [9.17, 15) is 0 Å². The van der Waals surface area contributed by atoms with E-state index in [-0.39, 0.29) is 0 Å². The topological polar surface area (TPSA) is 87.2 Å². The first-order valence-electron chi connectivity index (χ1n) is 22.2. The van der Waals surface area contributed by atoms with Crippen LogP contribution in [-0.4, -0.2) is 39.0 Å². The summed E-state index contributed by atoms with van der Waals surface area (Å²) in [5.41, 5.74) is 17.3. The zero-order chi connectivity index (χ0) is 43.7. The van der Waals surface area contributed by atoms with Gasteiger partial charge in [0, 0.05) is 67.6 Å². The molecule has 0 saturated heterocycles. The third-order valence-corrected chi connectivity index (χ3v) is 12.8. The molecule has 6 aromatic carbocycles. The van der Waals surface area contributed by atoms with Gasteiger partial charge in [0.25, 0.3) is 0 Å². The SMILES string of the molecule is CCc1c(-c2ccccc2)nc(-c2ccc(-c3ccccc3)cc2)nc1-c1cc(-n2c3ccccc3c3nc4ncccc4cc32)cc(-n2c3ccccc3c3nc4ncccc4cc32)c1. The molecule has 0 amide bonds. The summed E-state index contributed by atoms with van der Waals surface area (Å²) in [6, 6.07) is 65.9. The third-order valence-electron chi connectivity index (χ3n) is 12.8. The summed E-state index contributed by atoms with van der Waals surface area (Å²) < 4.78 is 4.69. The van der Waals surface area contributed by atoms with Crippen LogP contribution in [0.4, 0.5) is 0 Å². The van der Waals surface area contributed by atoms with Gasteiger partial charge in [-0.1, -0.05) is 128 Å². The number of nitrogens with zero attached hydrogens (tertiary/aromatic N) is 8. The lowest BCUT2D eigenvalue weighted by Gasteiger charge is -2.19. The summed E-state index contributed by atoms with van der Waals surface area (Å²) in [4.78, 5) is 30.7. The molecule has 0 aliphatic rings. The molecule has 0 aliphatic carbocycles. The number of aromatic nitrogens is 8. The first-order valence-corrected chi connectivity index (χ1v) is 22.2. The summed E-state index contributed by atoms with van der Waals surface area (Å²) in [6.45, 7) is 2.20. The highest BCUT2D eigenvalue weighted by Gasteiger charge is 2.23. The lowest BCUT2D eigenvalue weighted by Crippen LogP contribution is -2.05. The van der Waals surface area contributed by atoms with Gasteiger partial charge in [0.05, 0.1) is 44.5 Å². The van der Waals surface area contributed by atoms with Crippen molar-refractivity contribution in [2.75, 3.05) is 0 Å². The molecule has 0 atom stereocenters. The quantitative estimate of drug-likeness (QED) is 0.159. The Balaban J connectivity index is 1.13. The van der Waals surface area contributed by atoms with E-state index in [4.69, 9.17) is 19.9 Å². The van der Waals surface area contributed by atoms with E-state index in [1.54, 1.807) is 12.4 Å². The highest BCUT2D eigenvalue weighted by Crippen LogP contribution is 2.40. The minimum absolute atomic E-state index is 0.660. The molecule has 0 spiro atoms. The van der Waals surface area contributed by atoms with E-state index < -0.39 is 0 Å². The Labute approximate surface area is 379 Å². The van der Waals surface area contributed by atoms with Gasteiger partial charge < -0.3 is 9.13 Å². The molecule has 8 nitrogen and oxygen atoms in total. The van der Waals surface area contributed by atoms with Crippen molar-refractivity contribution in [1.29, 1.82) is 0 Å². The Hall–Kier alpha value is -8.88. The van der Waals surface area contributed by atoms with Crippen LogP contribution in [0.25, 0.3) is 122 Å². The molecule has 0 radical (unpaired) electrons. The van der Waals surface area contributed by atoms with Gasteiger partial charge >= 0.3 is 0 Å². The Morgan fingerprint density at radius 2 is 0.848 bits per heavy atom. The van der Waals surface area contributed by atoms with Crippen molar-refractivity contribution in [3.8, 4) is 56.4 Å². The molecule has 0 fully saturated rings. The maximum Gasteiger partial charge on any atom is 0.160 e. The Morgan fingerprint density at radius 1 is 0.379 bits per heavy atom. The lowest BCUT2D eigenvalue weighted by molar-refractivity contribution is 1.06. The van der Waals surface area contributed by atoms with Crippen LogP contribution in [0.2, 0.25) is 0 Å². The number of hydrogen-bond donors (Lipinski definition) is 0. The van der Waals surface area contributed by atoms with Crippen molar-refractivity contribution in [2.45, 2.75) is 13.3 Å². The average Bonchev–Trinajstić information content (AvgIpc) is 3.88. The Bertz CT molecular complexity index is 3850. The van der Waals surface area contributed by atoms with Gasteiger partial charge in [-0.3, -0.25) is 0 Å². The van der Waals surface area contributed by atoms with Gasteiger partial charge in [-0.05, 0) is 84.3 Å². The molecular weight excluding hydrogens is 809 g/mol. The monoisotopic (exact) mass is 846 g/mol. The van der Waals surface area contributed by atoms with Crippen molar-refractivity contribution in [2.24, 2.45) is 0 Å². The van der Waals surface area contributed by atoms with Gasteiger partial charge in [-0.25, -0.2) is 29.9 Å². The van der Waals surface area contributed by atoms with Gasteiger partial charge in [-0.15, -0.1) is 0 Å². The number of pyridine rings is 4. The molecule has 310 valence electrons. The van der Waals surface area contributed by atoms with Gasteiger partial charge in [-0.2, -0.15) is 0 Å². The molecule has 0 saturated carbocycles. The molecule has 7 aromatic heterocycles. The summed E-state index contributed by atoms with van der Waals surface area (Å²) in [7, 11) is 0. The molecule has 66 heavy (non-hydrogen) atoms. The van der Waals surface area contributed by atoms with Crippen molar-refractivity contribution in [3.05, 3.63) is 206 Å². The first kappa shape index (κ1) is 37.7. The molecule has 13 aromatic rings. The van der Waals surface area contributed by atoms with Gasteiger partial charge in [0.2, 0.25) is 0 Å². The first-order chi connectivity index (χ1) is 32.7. The number of fused-ring (bicyclic) bond motifs is 8. The smallest absolute Gasteiger partial charge is 0.160 e. The fourth-order valence-electron chi connectivity index (χ4n) is 9.73. The number of rotatable bonds is 7. The average molecular weight is 847 g/mol. The fourth-order valence-corrected chi connectivity index (χ4v) is 9.73. The molecule has 7 heterocycles. The minimum Gasteiger partial charge on any atom is -0.307 e. The second kappa shape index (κ2) is 15.1. The summed E-state index contributed by atoms with van der Waals surface area (Å²) >= 11 is 0. The van der Waals surface area contributed by atoms with E-state index >= 15 is 0 Å². The predicted molar refractivity (Wildman–Crippen MR) is 268 cm³/mol. The molecule has 13 rings (SSSR count). The Morgan fingerprint density at radius 3 is 1.39 bits per heavy atom. The zero-order valence-electron chi connectivity index (χ0n) is 35.8. The van der Waals surface area contributed by atoms with Crippen LogP contribution in [0.3, 0.4) is 0 Å². The van der Waals surface area contributed by atoms with Crippen LogP contribution in [0.1, 0.15) is 12.5 Å². The minimum atomic E-state index is 0.660. The highest BCUT2D eigenvalue weighted by atomic mass is 15.0. The number of para-hydroxylation sites is 2. The van der Waals surface area contributed by atoms with Crippen molar-refractivity contribution < 1.29 is 0 Å². The van der Waals surface area contributed by atoms with Crippen LogP contribution in [0.15, 0.2) is 200 Å². The molecule has 0 unspecified atom stereocenters. The standard InChI is InChI=1S/C58H38N8/c1-2-45-52(38-17-7-4-8-18-38)61-58(39-27-25-37(26-28-39)36-15-5-3-6-16-36)62-53(45)42-31-43(65-48-23-11-9-21-46(48)54-50(65)33-40-19-13-29-59-56(40)63-54)35-44(32-42)66-49-24-12-10-22-47(49)55-51(66)34-41-20-14-30-60-57(41)64-55/h3-35H,2H2,1H3. The van der Waals surface area contributed by atoms with Crippen LogP contribution < -0.4 is 0 Å². The van der Waals surface area contributed by atoms with E-state index in [0.717, 1.165) is 111 Å². The maximum atomic E-state index is 5.58. The maximum absolute atomic E-state index is 5.58. The molecule has 0 aliphatic heterocycles. The lowest BCUT2D eigenvalue weighted by atomic mass is 9.96. The van der Waals surface area contributed by atoms with Crippen LogP contribution in [0, 0.1) is 0 Å². The summed E-state index contributed by atoms with van der Waals surface area (Å²) in [6.07, 6.45) is 4.32. The van der Waals surface area contributed by atoms with Crippen LogP contribution >= 0.6 is 0 Å². The molecule has 0 bridgehead atoms. The summed E-state index contributed by atoms with van der Waals surface area (Å²) in [5, 5.41) is 4.05. The Kier molecular flexibility index (Phi) is 8.64. The largest absolute Gasteiger partial charge is 0.307 e. The normalized spacial score (nSPS) is 11.8. The zero-order valence-corrected chi connectivity index (χ0v) is 35.8. The van der Waals surface area contributed by atoms with Crippen molar-refractivity contribution in [3.63, 3.8) is 0 Å². The highest BCUT2D eigenvalue weighted by molar-refractivity contribution is 6.11.